The van der Waals surface area contributed by atoms with Crippen molar-refractivity contribution in [3.63, 3.8) is 0 Å². The van der Waals surface area contributed by atoms with Crippen molar-refractivity contribution in [3.05, 3.63) is 5.82 Å². The highest BCUT2D eigenvalue weighted by molar-refractivity contribution is 8.07. The number of rotatable bonds is 2. The van der Waals surface area contributed by atoms with Gasteiger partial charge in [0.15, 0.2) is 5.82 Å². The first-order chi connectivity index (χ1) is 7.20. The Labute approximate surface area is 103 Å². The van der Waals surface area contributed by atoms with Crippen LogP contribution in [0, 0.1) is 0 Å². The lowest BCUT2D eigenvalue weighted by atomic mass is 10.3. The molecule has 0 aromatic carbocycles. The van der Waals surface area contributed by atoms with Gasteiger partial charge in [0, 0.05) is 34.8 Å². The second-order valence-corrected chi connectivity index (χ2v) is 7.32. The van der Waals surface area contributed by atoms with Crippen molar-refractivity contribution >= 4 is 40.2 Å². The third-order valence-electron chi connectivity index (χ3n) is 2.49. The second kappa shape index (κ2) is 4.93. The lowest BCUT2D eigenvalue weighted by Crippen LogP contribution is -2.22. The minimum absolute atomic E-state index is 0.472. The number of nitrogens with zero attached hydrogens (tertiary/aromatic N) is 2. The molecule has 84 valence electrons. The molecular weight excluding hydrogens is 246 g/mol. The van der Waals surface area contributed by atoms with Crippen molar-refractivity contribution in [1.29, 1.82) is 0 Å². The molecule has 1 N–H and O–H groups in total. The van der Waals surface area contributed by atoms with Gasteiger partial charge in [0.1, 0.15) is 0 Å². The lowest BCUT2D eigenvalue weighted by molar-refractivity contribution is 0.874. The van der Waals surface area contributed by atoms with Gasteiger partial charge >= 0.3 is 0 Å². The summed E-state index contributed by atoms with van der Waals surface area (Å²) in [5.41, 5.74) is 0. The molecule has 2 rings (SSSR count). The maximum Gasteiger partial charge on any atom is 0.202 e. The monoisotopic (exact) mass is 261 g/mol. The van der Waals surface area contributed by atoms with Crippen molar-refractivity contribution < 1.29 is 0 Å². The van der Waals surface area contributed by atoms with Gasteiger partial charge in [-0.15, -0.1) is 11.8 Å². The van der Waals surface area contributed by atoms with Gasteiger partial charge in [-0.25, -0.2) is 4.98 Å². The third-order valence-corrected chi connectivity index (χ3v) is 6.63. The zero-order valence-electron chi connectivity index (χ0n) is 9.06. The Morgan fingerprint density at radius 2 is 2.13 bits per heavy atom. The molecule has 15 heavy (non-hydrogen) atoms. The predicted octanol–water partition coefficient (Wildman–Crippen LogP) is 2.88. The van der Waals surface area contributed by atoms with E-state index in [1.165, 1.54) is 11.5 Å². The Balaban J connectivity index is 2.05. The molecule has 1 aliphatic heterocycles. The summed E-state index contributed by atoms with van der Waals surface area (Å²) in [7, 11) is 1.89. The zero-order chi connectivity index (χ0) is 10.8. The summed E-state index contributed by atoms with van der Waals surface area (Å²) in [6, 6.07) is 0. The minimum atomic E-state index is 0.472. The molecule has 1 aromatic rings. The standard InChI is InChI=1S/C9H15N3S3/c1-5-6(2)14-7(4-13-5)8-11-9(10-3)15-12-8/h5-7H,4H2,1-3H3,(H,10,11,12). The highest BCUT2D eigenvalue weighted by Gasteiger charge is 2.29. The Kier molecular flexibility index (Phi) is 3.79. The molecule has 1 fully saturated rings. The van der Waals surface area contributed by atoms with Crippen LogP contribution in [-0.4, -0.2) is 32.7 Å². The van der Waals surface area contributed by atoms with Gasteiger partial charge in [0.25, 0.3) is 0 Å². The highest BCUT2D eigenvalue weighted by Crippen LogP contribution is 2.43. The van der Waals surface area contributed by atoms with E-state index in [2.05, 4.69) is 28.5 Å². The van der Waals surface area contributed by atoms with E-state index in [0.717, 1.165) is 22.0 Å². The van der Waals surface area contributed by atoms with E-state index < -0.39 is 0 Å². The van der Waals surface area contributed by atoms with E-state index in [1.807, 2.05) is 30.6 Å². The normalized spacial score (nSPS) is 31.5. The van der Waals surface area contributed by atoms with Crippen molar-refractivity contribution in [3.8, 4) is 0 Å². The summed E-state index contributed by atoms with van der Waals surface area (Å²) in [6.45, 7) is 4.59. The third kappa shape index (κ3) is 2.60. The Morgan fingerprint density at radius 3 is 2.73 bits per heavy atom. The Morgan fingerprint density at radius 1 is 1.33 bits per heavy atom. The fraction of sp³-hybridized carbons (Fsp3) is 0.778. The molecule has 0 amide bonds. The van der Waals surface area contributed by atoms with Gasteiger partial charge in [0.05, 0.1) is 5.25 Å². The van der Waals surface area contributed by atoms with Gasteiger partial charge < -0.3 is 5.32 Å². The molecule has 0 spiro atoms. The summed E-state index contributed by atoms with van der Waals surface area (Å²) in [5, 5.41) is 5.86. The van der Waals surface area contributed by atoms with Crippen LogP contribution in [0.1, 0.15) is 24.9 Å². The van der Waals surface area contributed by atoms with E-state index in [-0.39, 0.29) is 0 Å². The average molecular weight is 261 g/mol. The van der Waals surface area contributed by atoms with Gasteiger partial charge in [-0.2, -0.15) is 16.1 Å². The average Bonchev–Trinajstić information content (AvgIpc) is 2.70. The van der Waals surface area contributed by atoms with Crippen molar-refractivity contribution in [2.75, 3.05) is 18.1 Å². The second-order valence-electron chi connectivity index (χ2n) is 3.58. The van der Waals surface area contributed by atoms with Crippen molar-refractivity contribution in [2.45, 2.75) is 29.6 Å². The largest absolute Gasteiger partial charge is 0.363 e. The van der Waals surface area contributed by atoms with Crippen LogP contribution in [0.5, 0.6) is 0 Å². The van der Waals surface area contributed by atoms with E-state index in [9.17, 15) is 0 Å². The topological polar surface area (TPSA) is 37.8 Å². The summed E-state index contributed by atoms with van der Waals surface area (Å²) >= 11 is 5.48. The van der Waals surface area contributed by atoms with Crippen LogP contribution in [0.2, 0.25) is 0 Å². The summed E-state index contributed by atoms with van der Waals surface area (Å²) in [4.78, 5) is 4.47. The predicted molar refractivity (Wildman–Crippen MR) is 71.2 cm³/mol. The first-order valence-electron chi connectivity index (χ1n) is 4.99. The maximum absolute atomic E-state index is 4.47. The van der Waals surface area contributed by atoms with Crippen molar-refractivity contribution in [2.24, 2.45) is 0 Å². The van der Waals surface area contributed by atoms with E-state index in [1.54, 1.807) is 0 Å². The molecular formula is C9H15N3S3. The summed E-state index contributed by atoms with van der Waals surface area (Å²) in [6.07, 6.45) is 0. The van der Waals surface area contributed by atoms with Crippen LogP contribution in [0.15, 0.2) is 0 Å². The Bertz CT molecular complexity index is 328. The molecule has 3 unspecified atom stereocenters. The SMILES string of the molecule is CNc1nc(C2CSC(C)C(C)S2)ns1. The van der Waals surface area contributed by atoms with Crippen LogP contribution in [-0.2, 0) is 0 Å². The molecule has 1 aliphatic rings. The fourth-order valence-electron chi connectivity index (χ4n) is 1.39. The van der Waals surface area contributed by atoms with E-state index in [0.29, 0.717) is 10.5 Å². The maximum atomic E-state index is 4.47. The lowest BCUT2D eigenvalue weighted by Gasteiger charge is -2.29. The summed E-state index contributed by atoms with van der Waals surface area (Å²) in [5.74, 6) is 2.14. The number of hydrogen-bond donors (Lipinski definition) is 1. The molecule has 0 radical (unpaired) electrons. The number of hydrogen-bond acceptors (Lipinski definition) is 6. The molecule has 6 heteroatoms. The molecule has 1 aromatic heterocycles. The van der Waals surface area contributed by atoms with Gasteiger partial charge in [-0.05, 0) is 0 Å². The van der Waals surface area contributed by atoms with Crippen molar-refractivity contribution in [1.82, 2.24) is 9.36 Å². The number of thioether (sulfide) groups is 2. The van der Waals surface area contributed by atoms with Crippen LogP contribution < -0.4 is 5.32 Å². The first-order valence-corrected chi connectivity index (χ1v) is 7.75. The number of aromatic nitrogens is 2. The van der Waals surface area contributed by atoms with E-state index >= 15 is 0 Å². The first kappa shape index (κ1) is 11.5. The molecule has 3 nitrogen and oxygen atoms in total. The van der Waals surface area contributed by atoms with Crippen LogP contribution in [0.3, 0.4) is 0 Å². The van der Waals surface area contributed by atoms with Gasteiger partial charge in [0.2, 0.25) is 5.13 Å². The van der Waals surface area contributed by atoms with Gasteiger partial charge in [-0.3, -0.25) is 0 Å². The van der Waals surface area contributed by atoms with Crippen LogP contribution in [0.25, 0.3) is 0 Å². The van der Waals surface area contributed by atoms with Gasteiger partial charge in [-0.1, -0.05) is 13.8 Å². The zero-order valence-corrected chi connectivity index (χ0v) is 11.5. The summed E-state index contributed by atoms with van der Waals surface area (Å²) < 4.78 is 4.40. The van der Waals surface area contributed by atoms with E-state index in [4.69, 9.17) is 0 Å². The smallest absolute Gasteiger partial charge is 0.202 e. The molecule has 0 saturated carbocycles. The highest BCUT2D eigenvalue weighted by atomic mass is 32.2. The molecule has 1 saturated heterocycles. The fourth-order valence-corrected chi connectivity index (χ4v) is 4.87. The molecule has 3 atom stereocenters. The Hall–Kier alpha value is 0.0600. The minimum Gasteiger partial charge on any atom is -0.363 e. The van der Waals surface area contributed by atoms with Crippen LogP contribution >= 0.6 is 35.1 Å². The molecule has 0 bridgehead atoms. The molecule has 2 heterocycles. The number of nitrogens with one attached hydrogen (secondary N) is 1. The molecule has 0 aliphatic carbocycles. The number of anilines is 1. The quantitative estimate of drug-likeness (QED) is 0.886. The van der Waals surface area contributed by atoms with Crippen LogP contribution in [0.4, 0.5) is 5.13 Å².